The van der Waals surface area contributed by atoms with Gasteiger partial charge in [-0.05, 0) is 6.42 Å². The molecule has 1 aliphatic heterocycles. The fourth-order valence-corrected chi connectivity index (χ4v) is 1.82. The summed E-state index contributed by atoms with van der Waals surface area (Å²) in [6.07, 6.45) is 0.673. The summed E-state index contributed by atoms with van der Waals surface area (Å²) in [5.74, 6) is -1.43. The number of carboxylic acids is 1. The molecule has 0 aromatic rings. The zero-order chi connectivity index (χ0) is 11.4. The van der Waals surface area contributed by atoms with E-state index in [2.05, 4.69) is 23.3 Å². The standard InChI is InChI=1S/C8H12N2O3S2/c11-7(6-5(15)1-2-9-6)10-4(3-14)8(12)13/h4,6,9,14H,1-3H2,(H,10,11)(H,12,13). The zero-order valence-electron chi connectivity index (χ0n) is 7.90. The Hall–Kier alpha value is -0.660. The van der Waals surface area contributed by atoms with E-state index in [9.17, 15) is 9.59 Å². The van der Waals surface area contributed by atoms with E-state index in [-0.39, 0.29) is 11.7 Å². The average Bonchev–Trinajstić information content (AvgIpc) is 2.60. The van der Waals surface area contributed by atoms with Crippen LogP contribution in [0.5, 0.6) is 0 Å². The van der Waals surface area contributed by atoms with Gasteiger partial charge in [0.25, 0.3) is 0 Å². The van der Waals surface area contributed by atoms with Crippen molar-refractivity contribution in [1.29, 1.82) is 0 Å². The summed E-state index contributed by atoms with van der Waals surface area (Å²) in [7, 11) is 0. The second-order valence-electron chi connectivity index (χ2n) is 3.19. The van der Waals surface area contributed by atoms with Crippen LogP contribution in [0.3, 0.4) is 0 Å². The molecule has 1 saturated heterocycles. The van der Waals surface area contributed by atoms with Gasteiger partial charge in [0, 0.05) is 17.2 Å². The summed E-state index contributed by atoms with van der Waals surface area (Å²) in [5.41, 5.74) is 0. The van der Waals surface area contributed by atoms with Crippen LogP contribution in [0.2, 0.25) is 0 Å². The number of carboxylic acid groups (broad SMARTS) is 1. The van der Waals surface area contributed by atoms with E-state index in [1.165, 1.54) is 0 Å². The van der Waals surface area contributed by atoms with Crippen molar-refractivity contribution in [3.05, 3.63) is 0 Å². The van der Waals surface area contributed by atoms with Gasteiger partial charge in [0.05, 0.1) is 0 Å². The van der Waals surface area contributed by atoms with Crippen molar-refractivity contribution in [2.75, 3.05) is 12.3 Å². The maximum Gasteiger partial charge on any atom is 0.327 e. The number of amides is 1. The average molecular weight is 248 g/mol. The number of carbonyl (C=O) groups excluding carboxylic acids is 1. The Morgan fingerprint density at radius 2 is 2.40 bits per heavy atom. The third kappa shape index (κ3) is 3.15. The molecule has 1 aliphatic rings. The molecule has 0 radical (unpaired) electrons. The molecule has 2 atom stereocenters. The fourth-order valence-electron chi connectivity index (χ4n) is 1.28. The van der Waals surface area contributed by atoms with Gasteiger partial charge in [0.2, 0.25) is 5.91 Å². The zero-order valence-corrected chi connectivity index (χ0v) is 9.61. The highest BCUT2D eigenvalue weighted by atomic mass is 32.1. The Labute approximate surface area is 98.0 Å². The van der Waals surface area contributed by atoms with Crippen LogP contribution in [0.25, 0.3) is 0 Å². The number of nitrogens with one attached hydrogen (secondary N) is 2. The molecule has 0 aromatic heterocycles. The van der Waals surface area contributed by atoms with E-state index >= 15 is 0 Å². The lowest BCUT2D eigenvalue weighted by Gasteiger charge is -2.15. The summed E-state index contributed by atoms with van der Waals surface area (Å²) in [5, 5.41) is 14.0. The number of thiocarbonyl (C=S) groups is 1. The molecule has 1 rings (SSSR count). The van der Waals surface area contributed by atoms with Gasteiger partial charge in [0.15, 0.2) is 0 Å². The van der Waals surface area contributed by atoms with Gasteiger partial charge < -0.3 is 15.7 Å². The first-order valence-electron chi connectivity index (χ1n) is 4.46. The first-order chi connectivity index (χ1) is 7.06. The Balaban J connectivity index is 2.54. The summed E-state index contributed by atoms with van der Waals surface area (Å²) in [4.78, 5) is 22.8. The van der Waals surface area contributed by atoms with Gasteiger partial charge in [-0.15, -0.1) is 0 Å². The summed E-state index contributed by atoms with van der Waals surface area (Å²) in [6.45, 7) is 0.662. The quantitative estimate of drug-likeness (QED) is 0.388. The molecule has 0 aliphatic carbocycles. The molecule has 1 heterocycles. The third-order valence-electron chi connectivity index (χ3n) is 2.10. The molecule has 1 fully saturated rings. The van der Waals surface area contributed by atoms with Crippen molar-refractivity contribution in [2.45, 2.75) is 18.5 Å². The van der Waals surface area contributed by atoms with Gasteiger partial charge in [-0.3, -0.25) is 4.79 Å². The monoisotopic (exact) mass is 248 g/mol. The van der Waals surface area contributed by atoms with Crippen molar-refractivity contribution in [3.8, 4) is 0 Å². The molecule has 0 spiro atoms. The molecule has 1 amide bonds. The van der Waals surface area contributed by atoms with Crippen molar-refractivity contribution < 1.29 is 14.7 Å². The highest BCUT2D eigenvalue weighted by Crippen LogP contribution is 2.03. The van der Waals surface area contributed by atoms with Gasteiger partial charge in [-0.1, -0.05) is 12.2 Å². The molecule has 7 heteroatoms. The molecule has 3 N–H and O–H groups in total. The van der Waals surface area contributed by atoms with E-state index in [0.717, 1.165) is 0 Å². The van der Waals surface area contributed by atoms with Crippen LogP contribution >= 0.6 is 24.8 Å². The normalized spacial score (nSPS) is 22.5. The van der Waals surface area contributed by atoms with E-state index < -0.39 is 18.1 Å². The lowest BCUT2D eigenvalue weighted by atomic mass is 10.2. The molecular weight excluding hydrogens is 236 g/mol. The predicted octanol–water partition coefficient (Wildman–Crippen LogP) is -0.783. The largest absolute Gasteiger partial charge is 0.480 e. The Morgan fingerprint density at radius 3 is 2.80 bits per heavy atom. The van der Waals surface area contributed by atoms with Crippen molar-refractivity contribution in [1.82, 2.24) is 10.6 Å². The lowest BCUT2D eigenvalue weighted by Crippen LogP contribution is -2.50. The first kappa shape index (κ1) is 12.4. The molecular formula is C8H12N2O3S2. The van der Waals surface area contributed by atoms with Crippen LogP contribution in [0, 0.1) is 0 Å². The van der Waals surface area contributed by atoms with Crippen molar-refractivity contribution >= 4 is 41.6 Å². The van der Waals surface area contributed by atoms with Crippen LogP contribution in [0.1, 0.15) is 6.42 Å². The Bertz CT molecular complexity index is 296. The minimum absolute atomic E-state index is 0.0561. The SMILES string of the molecule is O=C(O)C(CS)NC(=O)C1NCCC1=S. The second kappa shape index (κ2) is 5.43. The molecule has 0 bridgehead atoms. The minimum atomic E-state index is -1.10. The molecule has 15 heavy (non-hydrogen) atoms. The predicted molar refractivity (Wildman–Crippen MR) is 62.4 cm³/mol. The summed E-state index contributed by atoms with van der Waals surface area (Å²) in [6, 6.07) is -1.51. The van der Waals surface area contributed by atoms with E-state index in [4.69, 9.17) is 17.3 Å². The molecule has 84 valence electrons. The molecule has 5 nitrogen and oxygen atoms in total. The topological polar surface area (TPSA) is 78.4 Å². The number of carbonyl (C=O) groups is 2. The fraction of sp³-hybridized carbons (Fsp3) is 0.625. The Morgan fingerprint density at radius 1 is 1.73 bits per heavy atom. The van der Waals surface area contributed by atoms with Crippen LogP contribution in [0.4, 0.5) is 0 Å². The van der Waals surface area contributed by atoms with E-state index in [1.807, 2.05) is 0 Å². The van der Waals surface area contributed by atoms with Gasteiger partial charge in [-0.25, -0.2) is 4.79 Å². The smallest absolute Gasteiger partial charge is 0.327 e. The van der Waals surface area contributed by atoms with Gasteiger partial charge in [-0.2, -0.15) is 12.6 Å². The Kier molecular flexibility index (Phi) is 4.49. The van der Waals surface area contributed by atoms with Gasteiger partial charge >= 0.3 is 5.97 Å². The summed E-state index contributed by atoms with van der Waals surface area (Å²) < 4.78 is 0. The van der Waals surface area contributed by atoms with Crippen molar-refractivity contribution in [3.63, 3.8) is 0 Å². The van der Waals surface area contributed by atoms with Crippen LogP contribution in [-0.2, 0) is 9.59 Å². The highest BCUT2D eigenvalue weighted by molar-refractivity contribution is 7.80. The van der Waals surface area contributed by atoms with Crippen LogP contribution < -0.4 is 10.6 Å². The van der Waals surface area contributed by atoms with Gasteiger partial charge in [0.1, 0.15) is 12.1 Å². The van der Waals surface area contributed by atoms with E-state index in [1.54, 1.807) is 0 Å². The maximum absolute atomic E-state index is 11.6. The maximum atomic E-state index is 11.6. The number of hydrogen-bond acceptors (Lipinski definition) is 5. The minimum Gasteiger partial charge on any atom is -0.480 e. The molecule has 0 saturated carbocycles. The van der Waals surface area contributed by atoms with E-state index in [0.29, 0.717) is 17.8 Å². The lowest BCUT2D eigenvalue weighted by molar-refractivity contribution is -0.141. The second-order valence-corrected chi connectivity index (χ2v) is 4.07. The molecule has 2 unspecified atom stereocenters. The number of rotatable bonds is 4. The number of aliphatic carboxylic acids is 1. The van der Waals surface area contributed by atoms with Crippen LogP contribution in [0.15, 0.2) is 0 Å². The summed E-state index contributed by atoms with van der Waals surface area (Å²) >= 11 is 8.83. The van der Waals surface area contributed by atoms with Crippen LogP contribution in [-0.4, -0.2) is 46.2 Å². The number of thiol groups is 1. The molecule has 0 aromatic carbocycles. The number of hydrogen-bond donors (Lipinski definition) is 4. The van der Waals surface area contributed by atoms with Crippen molar-refractivity contribution in [2.24, 2.45) is 0 Å². The highest BCUT2D eigenvalue weighted by Gasteiger charge is 2.29. The third-order valence-corrected chi connectivity index (χ3v) is 2.91. The first-order valence-corrected chi connectivity index (χ1v) is 5.50.